The first-order valence-corrected chi connectivity index (χ1v) is 40.9. The van der Waals surface area contributed by atoms with Gasteiger partial charge in [0.25, 0.3) is 0 Å². The van der Waals surface area contributed by atoms with Crippen molar-refractivity contribution in [1.29, 1.82) is 0 Å². The van der Waals surface area contributed by atoms with Crippen molar-refractivity contribution in [1.82, 2.24) is 0 Å². The third kappa shape index (κ3) is 3.23. The van der Waals surface area contributed by atoms with E-state index in [9.17, 15) is 0 Å². The molecule has 2 atom stereocenters. The van der Waals surface area contributed by atoms with Gasteiger partial charge in [0.05, 0.1) is 0 Å². The molecular weight excluding hydrogens is 611 g/mol. The molecule has 0 amide bonds. The topological polar surface area (TPSA) is 0 Å². The fourth-order valence-corrected chi connectivity index (χ4v) is 71.3. The first-order valence-electron chi connectivity index (χ1n) is 12.7. The van der Waals surface area contributed by atoms with Crippen LogP contribution in [0, 0.1) is 11.8 Å². The van der Waals surface area contributed by atoms with Crippen LogP contribution >= 0.6 is 0 Å². The summed E-state index contributed by atoms with van der Waals surface area (Å²) in [7, 11) is -1.58. The van der Waals surface area contributed by atoms with E-state index in [0.717, 1.165) is 0 Å². The Morgan fingerprint density at radius 1 is 0.656 bits per heavy atom. The van der Waals surface area contributed by atoms with Crippen LogP contribution in [0.1, 0.15) is 71.1 Å². The zero-order chi connectivity index (χ0) is 23.6. The summed E-state index contributed by atoms with van der Waals surface area (Å²) in [4.78, 5) is 0. The van der Waals surface area contributed by atoms with Gasteiger partial charge in [0.1, 0.15) is 0 Å². The Bertz CT molecular complexity index is 1050. The van der Waals surface area contributed by atoms with E-state index in [0.29, 0.717) is 19.2 Å². The molecule has 0 fully saturated rings. The molecule has 2 unspecified atom stereocenters. The first kappa shape index (κ1) is 24.5. The summed E-state index contributed by atoms with van der Waals surface area (Å²) in [5.41, 5.74) is 13.2. The number of allylic oxidation sites excluding steroid dienone is 4. The Morgan fingerprint density at radius 2 is 1.00 bits per heavy atom. The molecule has 0 aromatic heterocycles. The molecule has 0 bridgehead atoms. The molecule has 4 rings (SSSR count). The first-order chi connectivity index (χ1) is 14.9. The van der Waals surface area contributed by atoms with E-state index in [-0.39, 0.29) is 0 Å². The third-order valence-corrected chi connectivity index (χ3v) is 115. The predicted octanol–water partition coefficient (Wildman–Crippen LogP) is 9.12. The van der Waals surface area contributed by atoms with Crippen molar-refractivity contribution in [2.45, 2.75) is 69.8 Å². The second-order valence-corrected chi connectivity index (χ2v) is 93.9. The van der Waals surface area contributed by atoms with Crippen molar-refractivity contribution in [2.24, 2.45) is 11.8 Å². The average molecular weight is 655 g/mol. The maximum absolute atomic E-state index is 3.57. The van der Waals surface area contributed by atoms with Gasteiger partial charge in [-0.25, -0.2) is 0 Å². The summed E-state index contributed by atoms with van der Waals surface area (Å²) < 4.78 is 7.20. The van der Waals surface area contributed by atoms with Crippen LogP contribution in [0.15, 0.2) is 59.7 Å². The van der Waals surface area contributed by atoms with Gasteiger partial charge >= 0.3 is 201 Å². The van der Waals surface area contributed by atoms with Gasteiger partial charge in [0.15, 0.2) is 0 Å². The van der Waals surface area contributed by atoms with Crippen molar-refractivity contribution in [3.05, 3.63) is 81.9 Å². The van der Waals surface area contributed by atoms with Crippen LogP contribution in [-0.2, 0) is 16.0 Å². The number of hydrogen-bond acceptors (Lipinski definition) is 0. The quantitative estimate of drug-likeness (QED) is 0.282. The van der Waals surface area contributed by atoms with Crippen LogP contribution in [0.5, 0.6) is 0 Å². The van der Waals surface area contributed by atoms with Gasteiger partial charge in [-0.2, -0.15) is 0 Å². The molecule has 2 heteroatoms. The molecule has 2 aliphatic rings. The van der Waals surface area contributed by atoms with E-state index < -0.39 is 26.7 Å². The molecule has 32 heavy (non-hydrogen) atoms. The second kappa shape index (κ2) is 8.22. The van der Waals surface area contributed by atoms with Gasteiger partial charge in [0.2, 0.25) is 0 Å². The minimum absolute atomic E-state index is 0.584. The van der Waals surface area contributed by atoms with Gasteiger partial charge in [-0.05, 0) is 0 Å². The Labute approximate surface area is 200 Å². The van der Waals surface area contributed by atoms with E-state index in [4.69, 9.17) is 0 Å². The summed E-state index contributed by atoms with van der Waals surface area (Å²) in [6, 6.07) is 19.0. The monoisotopic (exact) mass is 657 g/mol. The number of rotatable bonds is 5. The van der Waals surface area contributed by atoms with Gasteiger partial charge in [-0.3, -0.25) is 0 Å². The SMILES string of the molecule is CC1=C(C(C)C)c2ccccc2[CH]1[Hf]([CH3])([CH3])([CH]1C(C)=C(C(C)C)c2ccccc21)[GeH]([CH3])[CH3]. The molecule has 0 spiro atoms. The molecule has 0 nitrogen and oxygen atoms in total. The molecule has 2 aromatic rings. The zero-order valence-electron chi connectivity index (χ0n) is 22.0. The average Bonchev–Trinajstić information content (AvgIpc) is 3.18. The summed E-state index contributed by atoms with van der Waals surface area (Å²) >= 11 is -3.57. The Balaban J connectivity index is 2.08. The van der Waals surface area contributed by atoms with Gasteiger partial charge in [0, 0.05) is 0 Å². The normalized spacial score (nSPS) is 22.1. The predicted molar refractivity (Wildman–Crippen MR) is 144 cm³/mol. The fourth-order valence-electron chi connectivity index (χ4n) is 7.90. The molecule has 0 aliphatic heterocycles. The second-order valence-electron chi connectivity index (χ2n) is 12.4. The third-order valence-electron chi connectivity index (χ3n) is 9.64. The Hall–Kier alpha value is -0.667. The van der Waals surface area contributed by atoms with E-state index in [1.807, 2.05) is 0 Å². The van der Waals surface area contributed by atoms with E-state index >= 15 is 0 Å². The van der Waals surface area contributed by atoms with Gasteiger partial charge in [-0.15, -0.1) is 0 Å². The molecule has 0 saturated carbocycles. The number of fused-ring (bicyclic) bond motifs is 2. The zero-order valence-corrected chi connectivity index (χ0v) is 28.0. The van der Waals surface area contributed by atoms with Crippen LogP contribution in [0.4, 0.5) is 0 Å². The summed E-state index contributed by atoms with van der Waals surface area (Å²) in [6.45, 7) is 14.6. The Kier molecular flexibility index (Phi) is 6.29. The number of hydrogen-bond donors (Lipinski definition) is 0. The fraction of sp³-hybridized carbons (Fsp3) is 0.467. The minimum atomic E-state index is -3.57. The molecule has 171 valence electrons. The van der Waals surface area contributed by atoms with Crippen LogP contribution < -0.4 is 0 Å². The van der Waals surface area contributed by atoms with Crippen molar-refractivity contribution in [2.75, 3.05) is 0 Å². The van der Waals surface area contributed by atoms with Crippen LogP contribution in [0.25, 0.3) is 11.1 Å². The van der Waals surface area contributed by atoms with Crippen LogP contribution in [0.3, 0.4) is 0 Å². The van der Waals surface area contributed by atoms with Gasteiger partial charge < -0.3 is 0 Å². The van der Waals surface area contributed by atoms with Gasteiger partial charge in [-0.1, -0.05) is 0 Å². The molecule has 0 N–H and O–H groups in total. The molecule has 2 aromatic carbocycles. The van der Waals surface area contributed by atoms with E-state index in [2.05, 4.69) is 111 Å². The molecule has 0 radical (unpaired) electrons. The van der Waals surface area contributed by atoms with Crippen molar-refractivity contribution >= 4 is 21.8 Å². The van der Waals surface area contributed by atoms with Crippen molar-refractivity contribution in [3.8, 4) is 0 Å². The summed E-state index contributed by atoms with van der Waals surface area (Å²) in [6.07, 6.45) is 0. The maximum atomic E-state index is 2.91. The summed E-state index contributed by atoms with van der Waals surface area (Å²) in [5, 5.41) is 0. The number of benzene rings is 2. The van der Waals surface area contributed by atoms with E-state index in [1.165, 1.54) is 0 Å². The Morgan fingerprint density at radius 3 is 1.31 bits per heavy atom. The van der Waals surface area contributed by atoms with Crippen LogP contribution in [-0.4, -0.2) is 10.6 Å². The molecule has 0 saturated heterocycles. The van der Waals surface area contributed by atoms with Crippen molar-refractivity contribution in [3.63, 3.8) is 0 Å². The van der Waals surface area contributed by atoms with Crippen LogP contribution in [0.2, 0.25) is 20.9 Å². The molecule has 2 aliphatic carbocycles. The van der Waals surface area contributed by atoms with Crippen molar-refractivity contribution < 1.29 is 16.0 Å². The molecule has 0 heterocycles. The summed E-state index contributed by atoms with van der Waals surface area (Å²) in [5.74, 6) is 6.66. The standard InChI is InChI=1S/2C13H15.C2H7Ge.2CH3.Hf/c2*1-9(2)13-10(3)8-11-6-4-5-7-12(11)13;1-3-2;;;/h2*4-9H,1-3H3;3H,1-2H3;2*1H3;. The molecular formula is C30H43GeHf. The van der Waals surface area contributed by atoms with E-state index in [1.54, 1.807) is 44.5 Å².